The lowest BCUT2D eigenvalue weighted by Crippen LogP contribution is -2.32. The lowest BCUT2D eigenvalue weighted by molar-refractivity contribution is 0.300. The first-order chi connectivity index (χ1) is 7.40. The lowest BCUT2D eigenvalue weighted by Gasteiger charge is -2.10. The van der Waals surface area contributed by atoms with Crippen molar-refractivity contribution >= 4 is 11.6 Å². The Morgan fingerprint density at radius 3 is 3.13 bits per heavy atom. The Kier molecular flexibility index (Phi) is 3.19. The fraction of sp³-hybridized carbons (Fsp3) is 0.364. The molecular formula is C11H15N3O. The predicted molar refractivity (Wildman–Crippen MR) is 61.2 cm³/mol. The molecule has 0 atom stereocenters. The van der Waals surface area contributed by atoms with E-state index in [0.29, 0.717) is 6.54 Å². The number of para-hydroxylation sites is 1. The van der Waals surface area contributed by atoms with E-state index in [1.54, 1.807) is 0 Å². The first kappa shape index (κ1) is 9.98. The Morgan fingerprint density at radius 1 is 1.40 bits per heavy atom. The molecule has 1 aromatic carbocycles. The smallest absolute Gasteiger partial charge is 0.195 e. The molecule has 1 heterocycles. The molecular weight excluding hydrogens is 190 g/mol. The minimum atomic E-state index is 0.113. The number of hydrogen-bond acceptors (Lipinski definition) is 4. The van der Waals surface area contributed by atoms with E-state index in [0.717, 1.165) is 24.6 Å². The quantitative estimate of drug-likeness (QED) is 0.662. The Labute approximate surface area is 89.0 Å². The predicted octanol–water partition coefficient (Wildman–Crippen LogP) is 0.592. The summed E-state index contributed by atoms with van der Waals surface area (Å²) in [5, 5.41) is 15.0. The Balaban J connectivity index is 2.10. The molecule has 1 aliphatic heterocycles. The molecule has 0 bridgehead atoms. The summed E-state index contributed by atoms with van der Waals surface area (Å²) in [6.45, 7) is 1.41. The van der Waals surface area contributed by atoms with Gasteiger partial charge in [0.15, 0.2) is 5.96 Å². The van der Waals surface area contributed by atoms with Crippen molar-refractivity contribution in [3.8, 4) is 0 Å². The van der Waals surface area contributed by atoms with Crippen LogP contribution in [-0.2, 0) is 6.42 Å². The van der Waals surface area contributed by atoms with Crippen LogP contribution >= 0.6 is 0 Å². The molecule has 80 valence electrons. The van der Waals surface area contributed by atoms with Gasteiger partial charge in [-0.2, -0.15) is 0 Å². The summed E-state index contributed by atoms with van der Waals surface area (Å²) < 4.78 is 0. The molecule has 0 aliphatic carbocycles. The van der Waals surface area contributed by atoms with Crippen LogP contribution in [0.2, 0.25) is 0 Å². The van der Waals surface area contributed by atoms with Crippen LogP contribution in [0.15, 0.2) is 29.3 Å². The van der Waals surface area contributed by atoms with Gasteiger partial charge in [0.05, 0.1) is 6.61 Å². The van der Waals surface area contributed by atoms with Gasteiger partial charge in [0, 0.05) is 18.8 Å². The number of hydrogen-bond donors (Lipinski definition) is 3. The molecule has 4 nitrogen and oxygen atoms in total. The molecule has 0 amide bonds. The second-order valence-corrected chi connectivity index (χ2v) is 3.41. The van der Waals surface area contributed by atoms with E-state index in [4.69, 9.17) is 5.11 Å². The van der Waals surface area contributed by atoms with Crippen LogP contribution in [0.4, 0.5) is 5.69 Å². The van der Waals surface area contributed by atoms with Crippen molar-refractivity contribution in [2.45, 2.75) is 6.42 Å². The summed E-state index contributed by atoms with van der Waals surface area (Å²) in [5.41, 5.74) is 2.38. The monoisotopic (exact) mass is 205 g/mol. The molecule has 2 rings (SSSR count). The van der Waals surface area contributed by atoms with Gasteiger partial charge in [-0.05, 0) is 18.1 Å². The number of benzene rings is 1. The zero-order valence-electron chi connectivity index (χ0n) is 8.53. The highest BCUT2D eigenvalue weighted by Gasteiger charge is 2.08. The van der Waals surface area contributed by atoms with E-state index in [-0.39, 0.29) is 6.61 Å². The largest absolute Gasteiger partial charge is 0.395 e. The molecule has 15 heavy (non-hydrogen) atoms. The number of nitrogens with one attached hydrogen (secondary N) is 2. The fourth-order valence-electron chi connectivity index (χ4n) is 1.59. The van der Waals surface area contributed by atoms with E-state index in [2.05, 4.69) is 21.7 Å². The van der Waals surface area contributed by atoms with Crippen molar-refractivity contribution in [3.63, 3.8) is 0 Å². The second-order valence-electron chi connectivity index (χ2n) is 3.41. The van der Waals surface area contributed by atoms with Gasteiger partial charge in [-0.15, -0.1) is 0 Å². The maximum Gasteiger partial charge on any atom is 0.195 e. The van der Waals surface area contributed by atoms with Crippen molar-refractivity contribution in [2.75, 3.05) is 25.0 Å². The van der Waals surface area contributed by atoms with E-state index in [1.807, 2.05) is 18.2 Å². The Morgan fingerprint density at radius 2 is 2.27 bits per heavy atom. The van der Waals surface area contributed by atoms with Gasteiger partial charge < -0.3 is 15.7 Å². The number of aliphatic hydroxyl groups excluding tert-OH is 1. The SMILES string of the molecule is OCCNC1=NCCc2ccccc2N1. The maximum atomic E-state index is 8.72. The van der Waals surface area contributed by atoms with Crippen LogP contribution < -0.4 is 10.6 Å². The molecule has 0 saturated carbocycles. The summed E-state index contributed by atoms with van der Waals surface area (Å²) in [5.74, 6) is 0.744. The molecule has 4 heteroatoms. The summed E-state index contributed by atoms with van der Waals surface area (Å²) in [6.07, 6.45) is 0.952. The highest BCUT2D eigenvalue weighted by atomic mass is 16.3. The van der Waals surface area contributed by atoms with Crippen LogP contribution in [0, 0.1) is 0 Å². The molecule has 3 N–H and O–H groups in total. The highest BCUT2D eigenvalue weighted by Crippen LogP contribution is 2.17. The second kappa shape index (κ2) is 4.79. The van der Waals surface area contributed by atoms with E-state index in [1.165, 1.54) is 5.56 Å². The number of rotatable bonds is 2. The number of aliphatic hydroxyl groups is 1. The van der Waals surface area contributed by atoms with Gasteiger partial charge in [-0.1, -0.05) is 18.2 Å². The third kappa shape index (κ3) is 2.47. The first-order valence-corrected chi connectivity index (χ1v) is 5.14. The van der Waals surface area contributed by atoms with Crippen LogP contribution in [0.3, 0.4) is 0 Å². The van der Waals surface area contributed by atoms with Gasteiger partial charge in [0.1, 0.15) is 0 Å². The van der Waals surface area contributed by atoms with Crippen molar-refractivity contribution in [3.05, 3.63) is 29.8 Å². The number of fused-ring (bicyclic) bond motifs is 1. The van der Waals surface area contributed by atoms with Gasteiger partial charge in [0.25, 0.3) is 0 Å². The Hall–Kier alpha value is -1.55. The third-order valence-corrected chi connectivity index (χ3v) is 2.33. The zero-order valence-corrected chi connectivity index (χ0v) is 8.53. The lowest BCUT2D eigenvalue weighted by atomic mass is 10.1. The maximum absolute atomic E-state index is 8.72. The molecule has 0 spiro atoms. The van der Waals surface area contributed by atoms with E-state index in [9.17, 15) is 0 Å². The normalized spacial score (nSPS) is 14.6. The molecule has 0 aromatic heterocycles. The average Bonchev–Trinajstić information content (AvgIpc) is 2.47. The van der Waals surface area contributed by atoms with Crippen LogP contribution in [0.1, 0.15) is 5.56 Å². The van der Waals surface area contributed by atoms with Gasteiger partial charge in [-0.25, -0.2) is 0 Å². The first-order valence-electron chi connectivity index (χ1n) is 5.14. The van der Waals surface area contributed by atoms with Crippen molar-refractivity contribution in [1.29, 1.82) is 0 Å². The Bertz CT molecular complexity index is 363. The van der Waals surface area contributed by atoms with Gasteiger partial charge in [-0.3, -0.25) is 4.99 Å². The summed E-state index contributed by atoms with van der Waals surface area (Å²) >= 11 is 0. The van der Waals surface area contributed by atoms with Crippen molar-refractivity contribution in [2.24, 2.45) is 4.99 Å². The number of nitrogens with zero attached hydrogens (tertiary/aromatic N) is 1. The molecule has 1 aliphatic rings. The van der Waals surface area contributed by atoms with Crippen molar-refractivity contribution in [1.82, 2.24) is 5.32 Å². The number of guanidine groups is 1. The standard InChI is InChI=1S/C11H15N3O/c15-8-7-13-11-12-6-5-9-3-1-2-4-10(9)14-11/h1-4,15H,5-8H2,(H2,12,13,14). The number of aliphatic imine (C=N–C) groups is 1. The molecule has 1 aromatic rings. The van der Waals surface area contributed by atoms with Gasteiger partial charge in [0.2, 0.25) is 0 Å². The third-order valence-electron chi connectivity index (χ3n) is 2.33. The fourth-order valence-corrected chi connectivity index (χ4v) is 1.59. The van der Waals surface area contributed by atoms with E-state index >= 15 is 0 Å². The van der Waals surface area contributed by atoms with Gasteiger partial charge >= 0.3 is 0 Å². The topological polar surface area (TPSA) is 56.6 Å². The van der Waals surface area contributed by atoms with Crippen molar-refractivity contribution < 1.29 is 5.11 Å². The van der Waals surface area contributed by atoms with Crippen LogP contribution in [0.25, 0.3) is 0 Å². The molecule has 0 fully saturated rings. The highest BCUT2D eigenvalue weighted by molar-refractivity contribution is 5.94. The zero-order chi connectivity index (χ0) is 10.5. The van der Waals surface area contributed by atoms with Crippen LogP contribution in [0.5, 0.6) is 0 Å². The summed E-state index contributed by atoms with van der Waals surface area (Å²) in [6, 6.07) is 8.18. The number of anilines is 1. The minimum Gasteiger partial charge on any atom is -0.395 e. The summed E-state index contributed by atoms with van der Waals surface area (Å²) in [4.78, 5) is 4.36. The summed E-state index contributed by atoms with van der Waals surface area (Å²) in [7, 11) is 0. The van der Waals surface area contributed by atoms with Crippen LogP contribution in [-0.4, -0.2) is 30.8 Å². The minimum absolute atomic E-state index is 0.113. The molecule has 0 saturated heterocycles. The molecule has 0 unspecified atom stereocenters. The van der Waals surface area contributed by atoms with E-state index < -0.39 is 0 Å². The molecule has 0 radical (unpaired) electrons. The average molecular weight is 205 g/mol.